The zero-order chi connectivity index (χ0) is 19.5. The molecular weight excluding hydrogens is 388 g/mol. The van der Waals surface area contributed by atoms with Crippen LogP contribution in [-0.4, -0.2) is 28.5 Å². The lowest BCUT2D eigenvalue weighted by Crippen LogP contribution is -2.22. The van der Waals surface area contributed by atoms with Gasteiger partial charge in [0.1, 0.15) is 10.6 Å². The number of hydrogen-bond donors (Lipinski definition) is 0. The van der Waals surface area contributed by atoms with Gasteiger partial charge >= 0.3 is 0 Å². The first-order valence-electron chi connectivity index (χ1n) is 9.29. The first-order valence-corrected chi connectivity index (χ1v) is 10.6. The van der Waals surface area contributed by atoms with E-state index < -0.39 is 0 Å². The smallest absolute Gasteiger partial charge is 0.225 e. The Labute approximate surface area is 173 Å². The summed E-state index contributed by atoms with van der Waals surface area (Å²) in [5.74, 6) is 0.875. The summed E-state index contributed by atoms with van der Waals surface area (Å²) in [5.41, 5.74) is 4.92. The highest BCUT2D eigenvalue weighted by atomic mass is 35.5. The van der Waals surface area contributed by atoms with Crippen LogP contribution in [0.4, 0.5) is 5.82 Å². The average molecular weight is 409 g/mol. The van der Waals surface area contributed by atoms with E-state index in [9.17, 15) is 0 Å². The number of nitrogens with zero attached hydrogens (tertiary/aromatic N) is 4. The molecular formula is C22H21ClN4S. The maximum Gasteiger partial charge on any atom is 0.225 e. The third kappa shape index (κ3) is 3.86. The standard InChI is InChI=1S/C22H21ClN4S/c1-3-15-4-6-17(7-5-15)18-14-28-21-19(18)20(25-22(23)26-21)27(2)13-10-16-8-11-24-12-9-16/h4-9,11-12,14H,3,10,13H2,1-2H3. The molecule has 28 heavy (non-hydrogen) atoms. The normalized spacial score (nSPS) is 11.1. The number of thiophene rings is 1. The van der Waals surface area contributed by atoms with Crippen molar-refractivity contribution in [3.05, 3.63) is 70.6 Å². The van der Waals surface area contributed by atoms with Crippen molar-refractivity contribution in [3.63, 3.8) is 0 Å². The van der Waals surface area contributed by atoms with Crippen LogP contribution in [-0.2, 0) is 12.8 Å². The quantitative estimate of drug-likeness (QED) is 0.387. The van der Waals surface area contributed by atoms with Crippen molar-refractivity contribution in [2.24, 2.45) is 0 Å². The van der Waals surface area contributed by atoms with Crippen molar-refractivity contribution >= 4 is 39.0 Å². The summed E-state index contributed by atoms with van der Waals surface area (Å²) in [5, 5.41) is 3.50. The second-order valence-corrected chi connectivity index (χ2v) is 7.92. The summed E-state index contributed by atoms with van der Waals surface area (Å²) >= 11 is 7.84. The number of hydrogen-bond acceptors (Lipinski definition) is 5. The minimum Gasteiger partial charge on any atom is -0.359 e. The van der Waals surface area contributed by atoms with E-state index in [4.69, 9.17) is 11.6 Å². The Morgan fingerprint density at radius 3 is 2.46 bits per heavy atom. The van der Waals surface area contributed by atoms with Crippen LogP contribution < -0.4 is 4.90 Å². The molecule has 0 spiro atoms. The van der Waals surface area contributed by atoms with Crippen LogP contribution in [0.15, 0.2) is 54.2 Å². The number of anilines is 1. The molecule has 0 unspecified atom stereocenters. The summed E-state index contributed by atoms with van der Waals surface area (Å²) in [6.07, 6.45) is 5.59. The van der Waals surface area contributed by atoms with Gasteiger partial charge in [0.15, 0.2) is 0 Å². The van der Waals surface area contributed by atoms with E-state index in [0.29, 0.717) is 0 Å². The maximum atomic E-state index is 6.23. The van der Waals surface area contributed by atoms with Crippen molar-refractivity contribution in [1.82, 2.24) is 15.0 Å². The molecule has 142 valence electrons. The molecule has 4 rings (SSSR count). The molecule has 1 aromatic carbocycles. The molecule has 0 saturated carbocycles. The van der Waals surface area contributed by atoms with Crippen LogP contribution in [0.5, 0.6) is 0 Å². The van der Waals surface area contributed by atoms with Crippen molar-refractivity contribution in [3.8, 4) is 11.1 Å². The number of aromatic nitrogens is 3. The molecule has 0 fully saturated rings. The number of rotatable bonds is 6. The van der Waals surface area contributed by atoms with Crippen molar-refractivity contribution in [2.75, 3.05) is 18.5 Å². The van der Waals surface area contributed by atoms with Gasteiger partial charge in [0.05, 0.1) is 5.39 Å². The second kappa shape index (κ2) is 8.25. The zero-order valence-corrected chi connectivity index (χ0v) is 17.5. The Hall–Kier alpha value is -2.50. The summed E-state index contributed by atoms with van der Waals surface area (Å²) in [6.45, 7) is 3.00. The molecule has 0 aliphatic carbocycles. The maximum absolute atomic E-state index is 6.23. The van der Waals surface area contributed by atoms with E-state index in [2.05, 4.69) is 63.5 Å². The Bertz CT molecular complexity index is 1080. The number of benzene rings is 1. The number of pyridine rings is 1. The largest absolute Gasteiger partial charge is 0.359 e. The minimum absolute atomic E-state index is 0.285. The van der Waals surface area contributed by atoms with Crippen LogP contribution in [0, 0.1) is 0 Å². The van der Waals surface area contributed by atoms with E-state index in [-0.39, 0.29) is 5.28 Å². The summed E-state index contributed by atoms with van der Waals surface area (Å²) < 4.78 is 0. The van der Waals surface area contributed by atoms with Gasteiger partial charge < -0.3 is 4.90 Å². The fourth-order valence-electron chi connectivity index (χ4n) is 3.26. The fourth-order valence-corrected chi connectivity index (χ4v) is 4.42. The number of halogens is 1. The molecule has 0 aliphatic rings. The lowest BCUT2D eigenvalue weighted by molar-refractivity contribution is 0.861. The SMILES string of the molecule is CCc1ccc(-c2csc3nc(Cl)nc(N(C)CCc4ccncc4)c23)cc1. The van der Waals surface area contributed by atoms with Crippen LogP contribution in [0.2, 0.25) is 5.28 Å². The van der Waals surface area contributed by atoms with E-state index in [1.807, 2.05) is 24.5 Å². The molecule has 0 aliphatic heterocycles. The fraction of sp³-hybridized carbons (Fsp3) is 0.227. The van der Waals surface area contributed by atoms with Crippen LogP contribution in [0.25, 0.3) is 21.3 Å². The third-order valence-electron chi connectivity index (χ3n) is 4.91. The highest BCUT2D eigenvalue weighted by Crippen LogP contribution is 2.38. The van der Waals surface area contributed by atoms with E-state index in [1.54, 1.807) is 11.3 Å². The van der Waals surface area contributed by atoms with Gasteiger partial charge in [-0.05, 0) is 53.3 Å². The lowest BCUT2D eigenvalue weighted by atomic mass is 10.0. The lowest BCUT2D eigenvalue weighted by Gasteiger charge is -2.20. The molecule has 0 radical (unpaired) electrons. The van der Waals surface area contributed by atoms with Gasteiger partial charge in [0, 0.05) is 36.9 Å². The van der Waals surface area contributed by atoms with Crippen molar-refractivity contribution in [1.29, 1.82) is 0 Å². The van der Waals surface area contributed by atoms with Gasteiger partial charge in [-0.1, -0.05) is 31.2 Å². The monoisotopic (exact) mass is 408 g/mol. The summed E-state index contributed by atoms with van der Waals surface area (Å²) in [4.78, 5) is 16.2. The predicted molar refractivity (Wildman–Crippen MR) is 118 cm³/mol. The molecule has 3 heterocycles. The summed E-state index contributed by atoms with van der Waals surface area (Å²) in [6, 6.07) is 12.8. The second-order valence-electron chi connectivity index (χ2n) is 6.72. The molecule has 0 bridgehead atoms. The average Bonchev–Trinajstić information content (AvgIpc) is 3.16. The summed E-state index contributed by atoms with van der Waals surface area (Å²) in [7, 11) is 2.06. The molecule has 0 saturated heterocycles. The third-order valence-corrected chi connectivity index (χ3v) is 5.95. The molecule has 0 N–H and O–H groups in total. The van der Waals surface area contributed by atoms with Crippen molar-refractivity contribution in [2.45, 2.75) is 19.8 Å². The van der Waals surface area contributed by atoms with Gasteiger partial charge in [-0.15, -0.1) is 11.3 Å². The number of fused-ring (bicyclic) bond motifs is 1. The van der Waals surface area contributed by atoms with Gasteiger partial charge in [-0.25, -0.2) is 4.98 Å². The Morgan fingerprint density at radius 1 is 1.00 bits per heavy atom. The minimum atomic E-state index is 0.285. The van der Waals surface area contributed by atoms with Crippen LogP contribution in [0.3, 0.4) is 0 Å². The highest BCUT2D eigenvalue weighted by Gasteiger charge is 2.17. The Morgan fingerprint density at radius 2 is 1.75 bits per heavy atom. The number of aryl methyl sites for hydroxylation is 1. The number of likely N-dealkylation sites (N-methyl/N-ethyl adjacent to an activating group) is 1. The molecule has 6 heteroatoms. The first kappa shape index (κ1) is 18.8. The van der Waals surface area contributed by atoms with Gasteiger partial charge in [-0.3, -0.25) is 4.98 Å². The first-order chi connectivity index (χ1) is 13.7. The topological polar surface area (TPSA) is 41.9 Å². The predicted octanol–water partition coefficient (Wildman–Crippen LogP) is 5.65. The molecule has 4 nitrogen and oxygen atoms in total. The van der Waals surface area contributed by atoms with E-state index in [0.717, 1.165) is 41.0 Å². The molecule has 0 amide bonds. The van der Waals surface area contributed by atoms with Crippen LogP contribution >= 0.6 is 22.9 Å². The molecule has 4 aromatic rings. The van der Waals surface area contributed by atoms with Gasteiger partial charge in [-0.2, -0.15) is 4.98 Å². The molecule has 0 atom stereocenters. The van der Waals surface area contributed by atoms with Gasteiger partial charge in [0.25, 0.3) is 0 Å². The Kier molecular flexibility index (Phi) is 5.55. The van der Waals surface area contributed by atoms with Gasteiger partial charge in [0.2, 0.25) is 5.28 Å². The van der Waals surface area contributed by atoms with E-state index >= 15 is 0 Å². The zero-order valence-electron chi connectivity index (χ0n) is 15.9. The highest BCUT2D eigenvalue weighted by molar-refractivity contribution is 7.17. The van der Waals surface area contributed by atoms with Crippen molar-refractivity contribution < 1.29 is 0 Å². The molecule has 3 aromatic heterocycles. The van der Waals surface area contributed by atoms with E-state index in [1.165, 1.54) is 16.7 Å². The van der Waals surface area contributed by atoms with Crippen LogP contribution in [0.1, 0.15) is 18.1 Å². The Balaban J connectivity index is 1.71.